The molecule has 6 nitrogen and oxygen atoms in total. The first kappa shape index (κ1) is 16.6. The van der Waals surface area contributed by atoms with E-state index in [1.807, 2.05) is 0 Å². The number of halogens is 2. The van der Waals surface area contributed by atoms with Crippen LogP contribution in [0, 0.1) is 11.6 Å². The molecule has 130 valence electrons. The van der Waals surface area contributed by atoms with Crippen LogP contribution >= 0.6 is 0 Å². The highest BCUT2D eigenvalue weighted by Crippen LogP contribution is 2.14. The fourth-order valence-corrected chi connectivity index (χ4v) is 2.92. The summed E-state index contributed by atoms with van der Waals surface area (Å²) < 4.78 is 31.7. The zero-order chi connectivity index (χ0) is 17.1. The van der Waals surface area contributed by atoms with Crippen molar-refractivity contribution in [2.75, 3.05) is 52.5 Å². The summed E-state index contributed by atoms with van der Waals surface area (Å²) in [5.74, 6) is -1.98. The summed E-state index contributed by atoms with van der Waals surface area (Å²) in [6, 6.07) is 2.73. The van der Waals surface area contributed by atoms with Gasteiger partial charge in [0.05, 0.1) is 13.2 Å². The standard InChI is InChI=1S/C16H19F2N3O3/c17-13-9-12(10-14(18)11-13)15(22)19-1-3-20(4-2-19)16(23)21-5-7-24-8-6-21/h9-11H,1-8H2. The molecule has 0 atom stereocenters. The number of nitrogens with zero attached hydrogens (tertiary/aromatic N) is 3. The number of amides is 3. The van der Waals surface area contributed by atoms with E-state index in [2.05, 4.69) is 0 Å². The number of carbonyl (C=O) groups is 2. The molecule has 0 unspecified atom stereocenters. The van der Waals surface area contributed by atoms with E-state index in [4.69, 9.17) is 4.74 Å². The third kappa shape index (κ3) is 3.64. The average molecular weight is 339 g/mol. The molecule has 0 aliphatic carbocycles. The quantitative estimate of drug-likeness (QED) is 0.772. The number of rotatable bonds is 1. The van der Waals surface area contributed by atoms with Crippen LogP contribution in [-0.2, 0) is 4.74 Å². The van der Waals surface area contributed by atoms with E-state index >= 15 is 0 Å². The van der Waals surface area contributed by atoms with Gasteiger partial charge < -0.3 is 19.4 Å². The predicted molar refractivity (Wildman–Crippen MR) is 81.6 cm³/mol. The van der Waals surface area contributed by atoms with Crippen molar-refractivity contribution < 1.29 is 23.1 Å². The lowest BCUT2D eigenvalue weighted by Gasteiger charge is -2.38. The van der Waals surface area contributed by atoms with Crippen LogP contribution in [0.3, 0.4) is 0 Å². The van der Waals surface area contributed by atoms with Crippen molar-refractivity contribution in [3.63, 3.8) is 0 Å². The Morgan fingerprint density at radius 3 is 1.88 bits per heavy atom. The molecule has 0 aromatic heterocycles. The van der Waals surface area contributed by atoms with Gasteiger partial charge in [-0.25, -0.2) is 13.6 Å². The predicted octanol–water partition coefficient (Wildman–Crippen LogP) is 1.17. The number of hydrogen-bond donors (Lipinski definition) is 0. The van der Waals surface area contributed by atoms with E-state index in [1.54, 1.807) is 9.80 Å². The number of carbonyl (C=O) groups excluding carboxylic acids is 2. The van der Waals surface area contributed by atoms with Crippen LogP contribution in [0.15, 0.2) is 18.2 Å². The van der Waals surface area contributed by atoms with E-state index < -0.39 is 17.5 Å². The monoisotopic (exact) mass is 339 g/mol. The molecule has 24 heavy (non-hydrogen) atoms. The van der Waals surface area contributed by atoms with Gasteiger partial charge in [-0.2, -0.15) is 0 Å². The van der Waals surface area contributed by atoms with Crippen molar-refractivity contribution in [1.82, 2.24) is 14.7 Å². The first-order valence-electron chi connectivity index (χ1n) is 7.91. The van der Waals surface area contributed by atoms with Crippen molar-refractivity contribution in [2.24, 2.45) is 0 Å². The van der Waals surface area contributed by atoms with Gasteiger partial charge >= 0.3 is 6.03 Å². The Morgan fingerprint density at radius 2 is 1.29 bits per heavy atom. The maximum Gasteiger partial charge on any atom is 0.320 e. The lowest BCUT2D eigenvalue weighted by atomic mass is 10.1. The minimum atomic E-state index is -0.778. The Kier molecular flexibility index (Phi) is 4.94. The largest absolute Gasteiger partial charge is 0.378 e. The van der Waals surface area contributed by atoms with Gasteiger partial charge in [0.25, 0.3) is 5.91 Å². The van der Waals surface area contributed by atoms with Crippen LogP contribution in [0.4, 0.5) is 13.6 Å². The molecule has 2 aliphatic rings. The van der Waals surface area contributed by atoms with Crippen molar-refractivity contribution >= 4 is 11.9 Å². The molecular formula is C16H19F2N3O3. The zero-order valence-electron chi connectivity index (χ0n) is 13.2. The van der Waals surface area contributed by atoms with E-state index in [-0.39, 0.29) is 11.6 Å². The Labute approximate surface area is 138 Å². The van der Waals surface area contributed by atoms with Gasteiger partial charge in [-0.3, -0.25) is 4.79 Å². The van der Waals surface area contributed by atoms with Crippen LogP contribution in [0.5, 0.6) is 0 Å². The van der Waals surface area contributed by atoms with Crippen LogP contribution in [0.1, 0.15) is 10.4 Å². The first-order chi connectivity index (χ1) is 11.5. The van der Waals surface area contributed by atoms with Crippen LogP contribution in [-0.4, -0.2) is 79.1 Å². The Morgan fingerprint density at radius 1 is 0.792 bits per heavy atom. The normalized spacial score (nSPS) is 18.7. The molecule has 3 amide bonds. The smallest absolute Gasteiger partial charge is 0.320 e. The molecule has 2 aliphatic heterocycles. The van der Waals surface area contributed by atoms with E-state index in [9.17, 15) is 18.4 Å². The van der Waals surface area contributed by atoms with Crippen LogP contribution in [0.25, 0.3) is 0 Å². The number of morpholine rings is 1. The lowest BCUT2D eigenvalue weighted by molar-refractivity contribution is 0.0362. The molecule has 2 fully saturated rings. The SMILES string of the molecule is O=C(c1cc(F)cc(F)c1)N1CCN(C(=O)N2CCOCC2)CC1. The molecule has 0 spiro atoms. The molecule has 3 rings (SSSR count). The van der Waals surface area contributed by atoms with E-state index in [0.29, 0.717) is 52.5 Å². The Hall–Kier alpha value is -2.22. The van der Waals surface area contributed by atoms with Crippen molar-refractivity contribution in [1.29, 1.82) is 0 Å². The molecule has 1 aromatic carbocycles. The molecule has 0 N–H and O–H groups in total. The minimum absolute atomic E-state index is 0.0135. The van der Waals surface area contributed by atoms with Crippen molar-refractivity contribution in [3.8, 4) is 0 Å². The summed E-state index contributed by atoms with van der Waals surface area (Å²) in [6.07, 6.45) is 0. The molecular weight excluding hydrogens is 320 g/mol. The molecule has 8 heteroatoms. The number of benzene rings is 1. The summed E-state index contributed by atoms with van der Waals surface area (Å²) >= 11 is 0. The number of urea groups is 1. The van der Waals surface area contributed by atoms with Crippen LogP contribution in [0.2, 0.25) is 0 Å². The van der Waals surface area contributed by atoms with Gasteiger partial charge in [0, 0.05) is 50.9 Å². The highest BCUT2D eigenvalue weighted by molar-refractivity contribution is 5.94. The van der Waals surface area contributed by atoms with Crippen LogP contribution < -0.4 is 0 Å². The molecule has 2 heterocycles. The molecule has 0 bridgehead atoms. The maximum atomic E-state index is 13.2. The zero-order valence-corrected chi connectivity index (χ0v) is 13.2. The lowest BCUT2D eigenvalue weighted by Crippen LogP contribution is -2.55. The maximum absolute atomic E-state index is 13.2. The minimum Gasteiger partial charge on any atom is -0.378 e. The second-order valence-electron chi connectivity index (χ2n) is 5.82. The number of ether oxygens (including phenoxy) is 1. The summed E-state index contributed by atoms with van der Waals surface area (Å²) in [4.78, 5) is 29.7. The van der Waals surface area contributed by atoms with Gasteiger partial charge in [-0.05, 0) is 12.1 Å². The molecule has 1 aromatic rings. The topological polar surface area (TPSA) is 53.1 Å². The van der Waals surface area contributed by atoms with E-state index in [0.717, 1.165) is 18.2 Å². The highest BCUT2D eigenvalue weighted by Gasteiger charge is 2.28. The van der Waals surface area contributed by atoms with Gasteiger partial charge in [-0.15, -0.1) is 0 Å². The first-order valence-corrected chi connectivity index (χ1v) is 7.91. The fraction of sp³-hybridized carbons (Fsp3) is 0.500. The highest BCUT2D eigenvalue weighted by atomic mass is 19.1. The molecule has 0 saturated carbocycles. The van der Waals surface area contributed by atoms with Gasteiger partial charge in [0.1, 0.15) is 11.6 Å². The third-order valence-corrected chi connectivity index (χ3v) is 4.23. The third-order valence-electron chi connectivity index (χ3n) is 4.23. The summed E-state index contributed by atoms with van der Waals surface area (Å²) in [6.45, 7) is 3.70. The van der Waals surface area contributed by atoms with E-state index in [1.165, 1.54) is 4.90 Å². The number of hydrogen-bond acceptors (Lipinski definition) is 3. The second-order valence-corrected chi connectivity index (χ2v) is 5.82. The second kappa shape index (κ2) is 7.12. The average Bonchev–Trinajstić information content (AvgIpc) is 2.60. The molecule has 2 saturated heterocycles. The Bertz CT molecular complexity index is 607. The molecule has 0 radical (unpaired) electrons. The summed E-state index contributed by atoms with van der Waals surface area (Å²) in [7, 11) is 0. The fourth-order valence-electron chi connectivity index (χ4n) is 2.92. The van der Waals surface area contributed by atoms with Gasteiger partial charge in [0.2, 0.25) is 0 Å². The van der Waals surface area contributed by atoms with Crippen molar-refractivity contribution in [3.05, 3.63) is 35.4 Å². The van der Waals surface area contributed by atoms with Crippen molar-refractivity contribution in [2.45, 2.75) is 0 Å². The number of piperazine rings is 1. The summed E-state index contributed by atoms with van der Waals surface area (Å²) in [5.41, 5.74) is -0.0135. The Balaban J connectivity index is 1.58. The van der Waals surface area contributed by atoms with Gasteiger partial charge in [0.15, 0.2) is 0 Å². The van der Waals surface area contributed by atoms with Gasteiger partial charge in [-0.1, -0.05) is 0 Å². The summed E-state index contributed by atoms with van der Waals surface area (Å²) in [5, 5.41) is 0.